The van der Waals surface area contributed by atoms with Crippen molar-refractivity contribution < 1.29 is 27.8 Å². The molecule has 1 aliphatic heterocycles. The van der Waals surface area contributed by atoms with Crippen LogP contribution in [0.4, 0.5) is 13.2 Å². The Hall–Kier alpha value is -2.26. The number of hydrogen-bond donors (Lipinski definition) is 1. The number of rotatable bonds is 5. The van der Waals surface area contributed by atoms with Gasteiger partial charge in [0.15, 0.2) is 11.5 Å². The van der Waals surface area contributed by atoms with Crippen molar-refractivity contribution in [3.8, 4) is 11.5 Å². The summed E-state index contributed by atoms with van der Waals surface area (Å²) in [6, 6.07) is 4.98. The van der Waals surface area contributed by atoms with Crippen molar-refractivity contribution in [1.29, 1.82) is 0 Å². The summed E-state index contributed by atoms with van der Waals surface area (Å²) in [5, 5.41) is 14.1. The zero-order chi connectivity index (χ0) is 20.5. The quantitative estimate of drug-likeness (QED) is 0.836. The van der Waals surface area contributed by atoms with Gasteiger partial charge in [-0.3, -0.25) is 9.58 Å². The Morgan fingerprint density at radius 2 is 2.07 bits per heavy atom. The second kappa shape index (κ2) is 8.00. The highest BCUT2D eigenvalue weighted by molar-refractivity contribution is 5.41. The lowest BCUT2D eigenvalue weighted by molar-refractivity contribution is -0.143. The highest BCUT2D eigenvalue weighted by Crippen LogP contribution is 2.33. The molecule has 2 aromatic rings. The fourth-order valence-electron chi connectivity index (χ4n) is 3.68. The van der Waals surface area contributed by atoms with Gasteiger partial charge in [0.05, 0.1) is 32.1 Å². The molecule has 9 heteroatoms. The molecule has 2 heterocycles. The summed E-state index contributed by atoms with van der Waals surface area (Å²) in [6.07, 6.45) is -4.33. The number of aryl methyl sites for hydroxylation is 1. The number of phenols is 1. The van der Waals surface area contributed by atoms with Crippen molar-refractivity contribution >= 4 is 0 Å². The number of nitrogens with zero attached hydrogens (tertiary/aromatic N) is 3. The van der Waals surface area contributed by atoms with Crippen LogP contribution in [-0.4, -0.2) is 52.8 Å². The van der Waals surface area contributed by atoms with E-state index in [2.05, 4.69) is 10.00 Å². The zero-order valence-electron chi connectivity index (χ0n) is 16.1. The second-order valence-electron chi connectivity index (χ2n) is 6.92. The molecule has 6 nitrogen and oxygen atoms in total. The van der Waals surface area contributed by atoms with Gasteiger partial charge in [0.2, 0.25) is 0 Å². The Morgan fingerprint density at radius 3 is 2.71 bits per heavy atom. The molecule has 1 saturated heterocycles. The molecule has 0 amide bonds. The zero-order valence-corrected chi connectivity index (χ0v) is 16.1. The summed E-state index contributed by atoms with van der Waals surface area (Å²) >= 11 is 0. The Morgan fingerprint density at radius 1 is 1.32 bits per heavy atom. The van der Waals surface area contributed by atoms with Gasteiger partial charge in [0, 0.05) is 24.3 Å². The molecular weight excluding hydrogens is 375 g/mol. The van der Waals surface area contributed by atoms with Crippen LogP contribution in [0.2, 0.25) is 0 Å². The van der Waals surface area contributed by atoms with Gasteiger partial charge in [-0.2, -0.15) is 18.3 Å². The molecular formula is C19H24F3N3O3. The first-order chi connectivity index (χ1) is 13.2. The lowest BCUT2D eigenvalue weighted by Gasteiger charge is -2.36. The van der Waals surface area contributed by atoms with Crippen LogP contribution in [0.25, 0.3) is 0 Å². The highest BCUT2D eigenvalue weighted by atomic mass is 19.4. The molecule has 1 aliphatic rings. The normalized spacial score (nSPS) is 18.4. The molecule has 0 spiro atoms. The van der Waals surface area contributed by atoms with Gasteiger partial charge in [-0.25, -0.2) is 0 Å². The average Bonchev–Trinajstić information content (AvgIpc) is 2.87. The molecule has 3 rings (SSSR count). The lowest BCUT2D eigenvalue weighted by Crippen LogP contribution is -2.39. The number of ether oxygens (including phenoxy) is 2. The maximum Gasteiger partial charge on any atom is 0.408 e. The van der Waals surface area contributed by atoms with E-state index >= 15 is 0 Å². The molecule has 1 aromatic heterocycles. The van der Waals surface area contributed by atoms with Crippen LogP contribution < -0.4 is 4.74 Å². The number of aromatic hydroxyl groups is 1. The third-order valence-corrected chi connectivity index (χ3v) is 4.97. The first-order valence-corrected chi connectivity index (χ1v) is 8.98. The predicted octanol–water partition coefficient (Wildman–Crippen LogP) is 3.35. The van der Waals surface area contributed by atoms with Gasteiger partial charge in [-0.15, -0.1) is 0 Å². The SMILES string of the molecule is COc1ccc(CN2CCOC[C@@H]2c2c(C)nn(CC(F)(F)F)c2C)cc1O. The van der Waals surface area contributed by atoms with E-state index in [9.17, 15) is 18.3 Å². The van der Waals surface area contributed by atoms with E-state index in [0.29, 0.717) is 43.4 Å². The van der Waals surface area contributed by atoms with Crippen LogP contribution in [0, 0.1) is 13.8 Å². The third-order valence-electron chi connectivity index (χ3n) is 4.97. The summed E-state index contributed by atoms with van der Waals surface area (Å²) < 4.78 is 50.2. The molecule has 0 saturated carbocycles. The Bertz CT molecular complexity index is 836. The van der Waals surface area contributed by atoms with E-state index in [0.717, 1.165) is 15.8 Å². The van der Waals surface area contributed by atoms with Gasteiger partial charge in [-0.1, -0.05) is 6.07 Å². The van der Waals surface area contributed by atoms with Crippen molar-refractivity contribution in [3.63, 3.8) is 0 Å². The largest absolute Gasteiger partial charge is 0.504 e. The van der Waals surface area contributed by atoms with Crippen LogP contribution in [0.15, 0.2) is 18.2 Å². The summed E-state index contributed by atoms with van der Waals surface area (Å²) in [5.41, 5.74) is 2.71. The molecule has 1 N–H and O–H groups in total. The number of methoxy groups -OCH3 is 1. The van der Waals surface area contributed by atoms with Crippen LogP contribution >= 0.6 is 0 Å². The first-order valence-electron chi connectivity index (χ1n) is 8.98. The van der Waals surface area contributed by atoms with Crippen molar-refractivity contribution in [2.45, 2.75) is 39.2 Å². The molecule has 0 radical (unpaired) electrons. The molecule has 154 valence electrons. The standard InChI is InChI=1S/C19H24F3N3O3/c1-12-18(13(2)25(23-12)11-19(20,21)22)15-10-28-7-6-24(15)9-14-4-5-17(27-3)16(26)8-14/h4-5,8,15,26H,6-7,9-11H2,1-3H3/t15-/m1/s1. The topological polar surface area (TPSA) is 59.8 Å². The minimum absolute atomic E-state index is 0.0511. The monoisotopic (exact) mass is 399 g/mol. The Balaban J connectivity index is 1.87. The number of hydrogen-bond acceptors (Lipinski definition) is 5. The molecule has 28 heavy (non-hydrogen) atoms. The van der Waals surface area contributed by atoms with Gasteiger partial charge in [0.25, 0.3) is 0 Å². The Labute approximate surface area is 161 Å². The van der Waals surface area contributed by atoms with E-state index in [4.69, 9.17) is 9.47 Å². The van der Waals surface area contributed by atoms with E-state index in [1.807, 2.05) is 6.07 Å². The number of benzene rings is 1. The summed E-state index contributed by atoms with van der Waals surface area (Å²) in [7, 11) is 1.48. The van der Waals surface area contributed by atoms with Crippen LogP contribution in [0.5, 0.6) is 11.5 Å². The molecule has 1 atom stereocenters. The number of phenolic OH excluding ortho intramolecular Hbond substituents is 1. The van der Waals surface area contributed by atoms with Crippen molar-refractivity contribution in [2.24, 2.45) is 0 Å². The summed E-state index contributed by atoms with van der Waals surface area (Å²) in [6.45, 7) is 4.33. The fourth-order valence-corrected chi connectivity index (χ4v) is 3.68. The summed E-state index contributed by atoms with van der Waals surface area (Å²) in [5.74, 6) is 0.442. The van der Waals surface area contributed by atoms with Crippen molar-refractivity contribution in [2.75, 3.05) is 26.9 Å². The number of halogens is 3. The van der Waals surface area contributed by atoms with Crippen LogP contribution in [-0.2, 0) is 17.8 Å². The Kier molecular flexibility index (Phi) is 5.85. The molecule has 0 bridgehead atoms. The van der Waals surface area contributed by atoms with Crippen molar-refractivity contribution in [1.82, 2.24) is 14.7 Å². The smallest absolute Gasteiger partial charge is 0.408 e. The van der Waals surface area contributed by atoms with Crippen LogP contribution in [0.1, 0.15) is 28.6 Å². The second-order valence-corrected chi connectivity index (χ2v) is 6.92. The summed E-state index contributed by atoms with van der Waals surface area (Å²) in [4.78, 5) is 2.14. The number of aromatic nitrogens is 2. The van der Waals surface area contributed by atoms with Gasteiger partial charge >= 0.3 is 6.18 Å². The highest BCUT2D eigenvalue weighted by Gasteiger charge is 2.33. The molecule has 0 aliphatic carbocycles. The maximum absolute atomic E-state index is 12.8. The third kappa shape index (κ3) is 4.41. The average molecular weight is 399 g/mol. The maximum atomic E-state index is 12.8. The number of alkyl halides is 3. The first kappa shape index (κ1) is 20.5. The molecule has 1 aromatic carbocycles. The minimum Gasteiger partial charge on any atom is -0.504 e. The van der Waals surface area contributed by atoms with E-state index < -0.39 is 12.7 Å². The van der Waals surface area contributed by atoms with Gasteiger partial charge in [0.1, 0.15) is 6.54 Å². The minimum atomic E-state index is -4.33. The van der Waals surface area contributed by atoms with E-state index in [1.54, 1.807) is 26.0 Å². The number of morpholine rings is 1. The predicted molar refractivity (Wildman–Crippen MR) is 96.4 cm³/mol. The van der Waals surface area contributed by atoms with Crippen LogP contribution in [0.3, 0.4) is 0 Å². The fraction of sp³-hybridized carbons (Fsp3) is 0.526. The lowest BCUT2D eigenvalue weighted by atomic mass is 10.0. The molecule has 0 unspecified atom stereocenters. The van der Waals surface area contributed by atoms with E-state index in [1.165, 1.54) is 7.11 Å². The van der Waals surface area contributed by atoms with Crippen molar-refractivity contribution in [3.05, 3.63) is 40.7 Å². The van der Waals surface area contributed by atoms with E-state index in [-0.39, 0.29) is 11.8 Å². The molecule has 1 fully saturated rings. The van der Waals surface area contributed by atoms with Gasteiger partial charge < -0.3 is 14.6 Å². The van der Waals surface area contributed by atoms with Gasteiger partial charge in [-0.05, 0) is 31.5 Å².